The topological polar surface area (TPSA) is 111 Å². The van der Waals surface area contributed by atoms with E-state index in [-0.39, 0.29) is 56.3 Å². The van der Waals surface area contributed by atoms with Gasteiger partial charge in [-0.3, -0.25) is 14.2 Å². The van der Waals surface area contributed by atoms with Gasteiger partial charge in [0, 0.05) is 13.0 Å². The van der Waals surface area contributed by atoms with Crippen molar-refractivity contribution in [1.29, 1.82) is 0 Å². The van der Waals surface area contributed by atoms with Crippen LogP contribution in [0.5, 0.6) is 0 Å². The summed E-state index contributed by atoms with van der Waals surface area (Å²) in [5, 5.41) is 14.8. The van der Waals surface area contributed by atoms with Crippen LogP contribution in [0, 0.1) is 52.3 Å². The highest BCUT2D eigenvalue weighted by atomic mass is 31.2. The Kier molecular flexibility index (Phi) is 16.9. The molecule has 0 heterocycles. The van der Waals surface area contributed by atoms with Crippen LogP contribution in [0.1, 0.15) is 128 Å². The van der Waals surface area contributed by atoms with E-state index in [1.54, 1.807) is 0 Å². The van der Waals surface area contributed by atoms with Crippen LogP contribution in [0.2, 0.25) is 0 Å². The maximum Gasteiger partial charge on any atom is 0.332 e. The fourth-order valence-electron chi connectivity index (χ4n) is 12.3. The van der Waals surface area contributed by atoms with Crippen LogP contribution in [-0.4, -0.2) is 35.8 Å². The molecule has 9 heteroatoms. The molecule has 2 N–H and O–H groups in total. The van der Waals surface area contributed by atoms with Crippen LogP contribution in [0.15, 0.2) is 91.0 Å². The molecular formula is C52H74NO7P. The van der Waals surface area contributed by atoms with Gasteiger partial charge in [0.15, 0.2) is 0 Å². The van der Waals surface area contributed by atoms with Gasteiger partial charge >= 0.3 is 13.6 Å². The first kappa shape index (κ1) is 47.2. The number of carbonyl (C=O) groups is 2. The molecule has 0 aromatic heterocycles. The molecule has 3 aromatic rings. The van der Waals surface area contributed by atoms with Gasteiger partial charge < -0.3 is 24.2 Å². The number of carbonyl (C=O) groups excluding carboxylic acids is 2. The first-order valence-electron chi connectivity index (χ1n) is 23.6. The minimum absolute atomic E-state index is 0.0554. The van der Waals surface area contributed by atoms with Gasteiger partial charge in [-0.15, -0.1) is 0 Å². The van der Waals surface area contributed by atoms with Gasteiger partial charge in [0.05, 0.1) is 31.4 Å². The number of aliphatic hydroxyl groups is 1. The summed E-state index contributed by atoms with van der Waals surface area (Å²) in [6.07, 6.45) is 11.9. The predicted octanol–water partition coefficient (Wildman–Crippen LogP) is 11.9. The smallest absolute Gasteiger partial charge is 0.332 e. The number of hydrogen-bond donors (Lipinski definition) is 2. The quantitative estimate of drug-likeness (QED) is 0.0968. The summed E-state index contributed by atoms with van der Waals surface area (Å²) < 4.78 is 32.4. The zero-order valence-electron chi connectivity index (χ0n) is 37.6. The van der Waals surface area contributed by atoms with Crippen LogP contribution in [0.4, 0.5) is 0 Å². The van der Waals surface area contributed by atoms with E-state index in [4.69, 9.17) is 13.8 Å². The number of hydrogen-bond acceptors (Lipinski definition) is 7. The summed E-state index contributed by atoms with van der Waals surface area (Å²) in [4.78, 5) is 27.2. The fraction of sp³-hybridized carbons (Fsp3) is 0.615. The second-order valence-corrected chi connectivity index (χ2v) is 21.1. The van der Waals surface area contributed by atoms with Crippen molar-refractivity contribution >= 4 is 19.5 Å². The van der Waals surface area contributed by atoms with Crippen molar-refractivity contribution in [2.24, 2.45) is 52.3 Å². The van der Waals surface area contributed by atoms with Crippen LogP contribution >= 0.6 is 7.60 Å². The van der Waals surface area contributed by atoms with Gasteiger partial charge in [0.1, 0.15) is 6.61 Å². The van der Waals surface area contributed by atoms with Gasteiger partial charge in [-0.1, -0.05) is 138 Å². The lowest BCUT2D eigenvalue weighted by Gasteiger charge is -2.62. The molecule has 334 valence electrons. The lowest BCUT2D eigenvalue weighted by molar-refractivity contribution is -0.164. The highest BCUT2D eigenvalue weighted by Crippen LogP contribution is 2.68. The molecule has 10 atom stereocenters. The van der Waals surface area contributed by atoms with Crippen molar-refractivity contribution in [3.8, 4) is 0 Å². The Morgan fingerprint density at radius 3 is 1.93 bits per heavy atom. The van der Waals surface area contributed by atoms with E-state index in [0.29, 0.717) is 47.5 Å². The van der Waals surface area contributed by atoms with Crippen LogP contribution < -0.4 is 5.32 Å². The molecular weight excluding hydrogens is 782 g/mol. The number of benzene rings is 3. The van der Waals surface area contributed by atoms with E-state index < -0.39 is 19.5 Å². The number of fused-ring (bicyclic) bond motifs is 5. The van der Waals surface area contributed by atoms with Crippen molar-refractivity contribution in [2.45, 2.75) is 138 Å². The molecule has 0 saturated heterocycles. The number of aliphatic hydroxyl groups excluding tert-OH is 1. The Hall–Kier alpha value is -3.29. The Labute approximate surface area is 366 Å². The fourth-order valence-corrected chi connectivity index (χ4v) is 14.1. The largest absolute Gasteiger partial charge is 0.461 e. The molecule has 4 aliphatic rings. The molecule has 9 unspecified atom stereocenters. The molecule has 1 amide bonds. The van der Waals surface area contributed by atoms with E-state index in [1.807, 2.05) is 105 Å². The molecule has 4 fully saturated rings. The maximum atomic E-state index is 14.5. The normalized spacial score (nSPS) is 29.1. The Balaban J connectivity index is 0.00000307. The molecule has 7 rings (SSSR count). The highest BCUT2D eigenvalue weighted by Gasteiger charge is 2.62. The van der Waals surface area contributed by atoms with Crippen molar-refractivity contribution in [3.05, 3.63) is 108 Å². The van der Waals surface area contributed by atoms with Crippen molar-refractivity contribution in [3.63, 3.8) is 0 Å². The average Bonchev–Trinajstić information content (AvgIpc) is 3.65. The standard InChI is InChI=1S/C50H68NO7P.C2H6/c1-36(42-23-24-43-47-44(26-29-50(42,43)3)49(2)28-14-13-21-41(49)31-45(47)52)27-30-51-46(53)25-22-40(48(54)56-32-37-15-7-4-8-16-37)35-59(55,57-33-38-17-9-5-10-18-38)58-34-39-19-11-6-12-20-39;1-2/h4-12,15-20,36,40-45,47,52H,13-14,21-35H2,1-3H3,(H,51,53);1-2H3/t36-,40?,41?,42?,43?,44?,45?,47?,49?,50?;/m1./s1. The number of nitrogens with one attached hydrogen (secondary N) is 1. The molecule has 4 saturated carbocycles. The molecule has 4 aliphatic carbocycles. The monoisotopic (exact) mass is 856 g/mol. The van der Waals surface area contributed by atoms with Crippen LogP contribution in [0.25, 0.3) is 0 Å². The van der Waals surface area contributed by atoms with E-state index >= 15 is 0 Å². The summed E-state index contributed by atoms with van der Waals surface area (Å²) in [6.45, 7) is 12.2. The zero-order chi connectivity index (χ0) is 43.5. The van der Waals surface area contributed by atoms with Gasteiger partial charge in [-0.25, -0.2) is 0 Å². The number of amides is 1. The zero-order valence-corrected chi connectivity index (χ0v) is 38.5. The Bertz CT molecular complexity index is 1810. The molecule has 61 heavy (non-hydrogen) atoms. The van der Waals surface area contributed by atoms with Gasteiger partial charge in [0.25, 0.3) is 0 Å². The predicted molar refractivity (Wildman–Crippen MR) is 243 cm³/mol. The number of rotatable bonds is 18. The molecule has 0 aliphatic heterocycles. The molecule has 0 spiro atoms. The number of esters is 1. The van der Waals surface area contributed by atoms with E-state index in [1.165, 1.54) is 51.4 Å². The van der Waals surface area contributed by atoms with E-state index in [2.05, 4.69) is 26.1 Å². The lowest BCUT2D eigenvalue weighted by Crippen LogP contribution is -2.57. The van der Waals surface area contributed by atoms with Gasteiger partial charge in [0.2, 0.25) is 5.91 Å². The van der Waals surface area contributed by atoms with Crippen LogP contribution in [-0.2, 0) is 47.8 Å². The average molecular weight is 856 g/mol. The van der Waals surface area contributed by atoms with E-state index in [0.717, 1.165) is 29.5 Å². The van der Waals surface area contributed by atoms with Gasteiger partial charge in [-0.05, 0) is 121 Å². The minimum atomic E-state index is -3.85. The first-order valence-corrected chi connectivity index (χ1v) is 25.3. The third kappa shape index (κ3) is 11.6. The summed E-state index contributed by atoms with van der Waals surface area (Å²) in [5.74, 6) is 1.76. The summed E-state index contributed by atoms with van der Waals surface area (Å²) >= 11 is 0. The van der Waals surface area contributed by atoms with Gasteiger partial charge in [-0.2, -0.15) is 0 Å². The summed E-state index contributed by atoms with van der Waals surface area (Å²) in [7, 11) is -3.85. The second-order valence-electron chi connectivity index (χ2n) is 19.0. The SMILES string of the molecule is CC.C[C@H](CCNC(=O)CCC(CP(=O)(OCc1ccccc1)OCc1ccccc1)C(=O)OCc1ccccc1)C1CCC2C3C(O)CC4CCCCC4(C)C3CCC21C. The Morgan fingerprint density at radius 2 is 1.33 bits per heavy atom. The Morgan fingerprint density at radius 1 is 0.754 bits per heavy atom. The van der Waals surface area contributed by atoms with Crippen LogP contribution in [0.3, 0.4) is 0 Å². The van der Waals surface area contributed by atoms with Crippen molar-refractivity contribution in [2.75, 3.05) is 12.7 Å². The van der Waals surface area contributed by atoms with Crippen molar-refractivity contribution in [1.82, 2.24) is 5.32 Å². The molecule has 0 radical (unpaired) electrons. The third-order valence-corrected chi connectivity index (χ3v) is 17.5. The number of ether oxygens (including phenoxy) is 1. The lowest BCUT2D eigenvalue weighted by atomic mass is 9.44. The third-order valence-electron chi connectivity index (χ3n) is 15.5. The maximum absolute atomic E-state index is 14.5. The summed E-state index contributed by atoms with van der Waals surface area (Å²) in [6, 6.07) is 28.4. The molecule has 8 nitrogen and oxygen atoms in total. The minimum Gasteiger partial charge on any atom is -0.461 e. The molecule has 0 bridgehead atoms. The first-order chi connectivity index (χ1) is 29.5. The van der Waals surface area contributed by atoms with E-state index in [9.17, 15) is 19.3 Å². The second kappa shape index (κ2) is 21.9. The molecule has 3 aromatic carbocycles. The summed E-state index contributed by atoms with van der Waals surface area (Å²) in [5.41, 5.74) is 3.11. The van der Waals surface area contributed by atoms with Crippen molar-refractivity contribution < 1.29 is 33.0 Å². The highest BCUT2D eigenvalue weighted by molar-refractivity contribution is 7.53.